The normalized spacial score (nSPS) is 10.9. The first kappa shape index (κ1) is 14.8. The molecule has 0 fully saturated rings. The number of aliphatic hydroxyl groups is 1. The van der Waals surface area contributed by atoms with Crippen LogP contribution >= 0.6 is 11.6 Å². The Morgan fingerprint density at radius 2 is 1.77 bits per heavy atom. The molecule has 0 spiro atoms. The van der Waals surface area contributed by atoms with Crippen molar-refractivity contribution < 1.29 is 14.2 Å². The molecule has 1 N–H and O–H groups in total. The van der Waals surface area contributed by atoms with E-state index in [0.717, 1.165) is 5.56 Å². The van der Waals surface area contributed by atoms with Gasteiger partial charge in [-0.3, -0.25) is 0 Å². The molecule has 2 nitrogen and oxygen atoms in total. The third kappa shape index (κ3) is 2.78. The number of hydrogen-bond acceptors (Lipinski definition) is 2. The molecular weight excluding hydrogens is 303 g/mol. The Labute approximate surface area is 132 Å². The van der Waals surface area contributed by atoms with Gasteiger partial charge in [-0.1, -0.05) is 60.1 Å². The molecule has 0 radical (unpaired) electrons. The zero-order valence-electron chi connectivity index (χ0n) is 11.7. The van der Waals surface area contributed by atoms with Gasteiger partial charge in [0.2, 0.25) is 0 Å². The lowest BCUT2D eigenvalue weighted by molar-refractivity contribution is 0.283. The van der Waals surface area contributed by atoms with E-state index in [1.807, 2.05) is 30.3 Å². The molecule has 4 heteroatoms. The number of hydrogen-bond donors (Lipinski definition) is 1. The van der Waals surface area contributed by atoms with Crippen LogP contribution in [0.5, 0.6) is 5.75 Å². The number of fused-ring (bicyclic) bond motifs is 1. The topological polar surface area (TPSA) is 29.5 Å². The molecule has 0 bridgehead atoms. The van der Waals surface area contributed by atoms with E-state index in [1.165, 1.54) is 0 Å². The van der Waals surface area contributed by atoms with Crippen molar-refractivity contribution in [1.82, 2.24) is 0 Å². The Hall–Kier alpha value is -2.10. The van der Waals surface area contributed by atoms with E-state index in [-0.39, 0.29) is 24.0 Å². The molecule has 0 unspecified atom stereocenters. The second kappa shape index (κ2) is 6.34. The summed E-state index contributed by atoms with van der Waals surface area (Å²) < 4.78 is 20.2. The zero-order valence-corrected chi connectivity index (χ0v) is 12.5. The molecule has 22 heavy (non-hydrogen) atoms. The summed E-state index contributed by atoms with van der Waals surface area (Å²) in [6.07, 6.45) is 0. The Balaban J connectivity index is 2.00. The Bertz CT molecular complexity index is 803. The average Bonchev–Trinajstić information content (AvgIpc) is 2.55. The van der Waals surface area contributed by atoms with Gasteiger partial charge in [-0.2, -0.15) is 0 Å². The summed E-state index contributed by atoms with van der Waals surface area (Å²) in [7, 11) is 0. The number of halogens is 2. The number of rotatable bonds is 4. The fourth-order valence-electron chi connectivity index (χ4n) is 2.39. The van der Waals surface area contributed by atoms with Gasteiger partial charge in [-0.05, 0) is 22.6 Å². The van der Waals surface area contributed by atoms with E-state index in [0.29, 0.717) is 16.3 Å². The number of aliphatic hydroxyl groups excluding tert-OH is 1. The molecule has 0 saturated carbocycles. The maximum absolute atomic E-state index is 14.7. The van der Waals surface area contributed by atoms with Crippen molar-refractivity contribution in [2.45, 2.75) is 13.2 Å². The van der Waals surface area contributed by atoms with Crippen molar-refractivity contribution in [3.05, 3.63) is 76.6 Å². The molecule has 0 amide bonds. The second-order valence-corrected chi connectivity index (χ2v) is 5.35. The zero-order chi connectivity index (χ0) is 15.5. The molecule has 0 heterocycles. The van der Waals surface area contributed by atoms with Crippen LogP contribution in [-0.2, 0) is 13.2 Å². The molecule has 3 aromatic carbocycles. The van der Waals surface area contributed by atoms with Gasteiger partial charge in [0, 0.05) is 5.39 Å². The van der Waals surface area contributed by atoms with Crippen molar-refractivity contribution in [2.24, 2.45) is 0 Å². The molecule has 112 valence electrons. The molecule has 0 aromatic heterocycles. The van der Waals surface area contributed by atoms with Gasteiger partial charge < -0.3 is 9.84 Å². The van der Waals surface area contributed by atoms with Crippen LogP contribution in [-0.4, -0.2) is 5.11 Å². The smallest absolute Gasteiger partial charge is 0.174 e. The van der Waals surface area contributed by atoms with Crippen LogP contribution in [0.2, 0.25) is 5.02 Å². The van der Waals surface area contributed by atoms with Crippen LogP contribution in [0.4, 0.5) is 4.39 Å². The second-order valence-electron chi connectivity index (χ2n) is 4.95. The van der Waals surface area contributed by atoms with Gasteiger partial charge in [-0.25, -0.2) is 4.39 Å². The molecule has 0 atom stereocenters. The van der Waals surface area contributed by atoms with Gasteiger partial charge in [0.25, 0.3) is 0 Å². The third-order valence-electron chi connectivity index (χ3n) is 3.52. The summed E-state index contributed by atoms with van der Waals surface area (Å²) in [5, 5.41) is 10.5. The predicted octanol–water partition coefficient (Wildman–Crippen LogP) is 4.70. The lowest BCUT2D eigenvalue weighted by atomic mass is 10.0. The highest BCUT2D eigenvalue weighted by Gasteiger charge is 2.15. The first-order chi connectivity index (χ1) is 10.7. The van der Waals surface area contributed by atoms with Gasteiger partial charge in [0.05, 0.1) is 11.6 Å². The monoisotopic (exact) mass is 316 g/mol. The standard InChI is InChI=1S/C18H14ClFO2/c19-16-9-15-13(10-21)7-4-8-14(15)17(20)18(16)22-11-12-5-2-1-3-6-12/h1-9,21H,10-11H2. The van der Waals surface area contributed by atoms with Crippen LogP contribution in [0.3, 0.4) is 0 Å². The van der Waals surface area contributed by atoms with Crippen LogP contribution in [0.15, 0.2) is 54.6 Å². The lowest BCUT2D eigenvalue weighted by Gasteiger charge is -2.13. The van der Waals surface area contributed by atoms with E-state index in [9.17, 15) is 9.50 Å². The quantitative estimate of drug-likeness (QED) is 0.755. The van der Waals surface area contributed by atoms with Gasteiger partial charge in [0.1, 0.15) is 6.61 Å². The van der Waals surface area contributed by atoms with Crippen LogP contribution in [0, 0.1) is 5.82 Å². The molecule has 3 rings (SSSR count). The Morgan fingerprint density at radius 1 is 1.00 bits per heavy atom. The van der Waals surface area contributed by atoms with E-state index in [2.05, 4.69) is 0 Å². The largest absolute Gasteiger partial charge is 0.484 e. The predicted molar refractivity (Wildman–Crippen MR) is 85.6 cm³/mol. The minimum atomic E-state index is -0.506. The fourth-order valence-corrected chi connectivity index (χ4v) is 2.64. The third-order valence-corrected chi connectivity index (χ3v) is 3.80. The molecule has 0 aliphatic rings. The molecule has 0 saturated heterocycles. The first-order valence-corrected chi connectivity index (χ1v) is 7.25. The van der Waals surface area contributed by atoms with Gasteiger partial charge >= 0.3 is 0 Å². The summed E-state index contributed by atoms with van der Waals surface area (Å²) in [6.45, 7) is 0.0694. The van der Waals surface area contributed by atoms with Crippen LogP contribution in [0.1, 0.15) is 11.1 Å². The number of ether oxygens (including phenoxy) is 1. The maximum Gasteiger partial charge on any atom is 0.174 e. The Kier molecular flexibility index (Phi) is 4.27. The Morgan fingerprint density at radius 3 is 2.50 bits per heavy atom. The summed E-state index contributed by atoms with van der Waals surface area (Å²) in [5.41, 5.74) is 1.56. The average molecular weight is 317 g/mol. The summed E-state index contributed by atoms with van der Waals surface area (Å²) in [4.78, 5) is 0. The lowest BCUT2D eigenvalue weighted by Crippen LogP contribution is -1.99. The van der Waals surface area contributed by atoms with E-state index in [1.54, 1.807) is 24.3 Å². The summed E-state index contributed by atoms with van der Waals surface area (Å²) >= 11 is 6.16. The maximum atomic E-state index is 14.7. The first-order valence-electron chi connectivity index (χ1n) is 6.88. The summed E-state index contributed by atoms with van der Waals surface area (Å²) in [5.74, 6) is -0.471. The van der Waals surface area contributed by atoms with E-state index < -0.39 is 5.82 Å². The van der Waals surface area contributed by atoms with Crippen LogP contribution < -0.4 is 4.74 Å². The summed E-state index contributed by atoms with van der Waals surface area (Å²) in [6, 6.07) is 16.2. The molecule has 0 aliphatic heterocycles. The molecule has 3 aromatic rings. The van der Waals surface area contributed by atoms with E-state index in [4.69, 9.17) is 16.3 Å². The minimum absolute atomic E-state index is 0.0353. The number of benzene rings is 3. The highest BCUT2D eigenvalue weighted by Crippen LogP contribution is 2.36. The fraction of sp³-hybridized carbons (Fsp3) is 0.111. The van der Waals surface area contributed by atoms with Crippen molar-refractivity contribution in [3.63, 3.8) is 0 Å². The van der Waals surface area contributed by atoms with Gasteiger partial charge in [0.15, 0.2) is 11.6 Å². The highest BCUT2D eigenvalue weighted by atomic mass is 35.5. The van der Waals surface area contributed by atoms with Crippen molar-refractivity contribution in [2.75, 3.05) is 0 Å². The van der Waals surface area contributed by atoms with Crippen molar-refractivity contribution in [3.8, 4) is 5.75 Å². The van der Waals surface area contributed by atoms with Gasteiger partial charge in [-0.15, -0.1) is 0 Å². The van der Waals surface area contributed by atoms with Crippen molar-refractivity contribution >= 4 is 22.4 Å². The molecule has 0 aliphatic carbocycles. The van der Waals surface area contributed by atoms with Crippen LogP contribution in [0.25, 0.3) is 10.8 Å². The highest BCUT2D eigenvalue weighted by molar-refractivity contribution is 6.33. The van der Waals surface area contributed by atoms with E-state index >= 15 is 0 Å². The van der Waals surface area contributed by atoms with Crippen molar-refractivity contribution in [1.29, 1.82) is 0 Å². The minimum Gasteiger partial charge on any atom is -0.484 e. The molecular formula is C18H14ClFO2. The SMILES string of the molecule is OCc1cccc2c(F)c(OCc3ccccc3)c(Cl)cc12.